The van der Waals surface area contributed by atoms with Crippen molar-refractivity contribution in [3.8, 4) is 22.6 Å². The molecule has 0 aliphatic carbocycles. The van der Waals surface area contributed by atoms with Gasteiger partial charge in [0.25, 0.3) is 0 Å². The number of hydrogen-bond donors (Lipinski definition) is 0. The summed E-state index contributed by atoms with van der Waals surface area (Å²) in [6.45, 7) is 9.06. The average Bonchev–Trinajstić information content (AvgIpc) is 3.28. The number of anilines is 1. The average molecular weight is 447 g/mol. The number of imidazole rings is 1. The maximum atomic E-state index is 6.09. The molecule has 3 aliphatic heterocycles. The van der Waals surface area contributed by atoms with Crippen LogP contribution in [0.2, 0.25) is 0 Å². The van der Waals surface area contributed by atoms with Crippen LogP contribution in [0.15, 0.2) is 42.7 Å². The van der Waals surface area contributed by atoms with Gasteiger partial charge in [-0.2, -0.15) is 0 Å². The third-order valence-corrected chi connectivity index (χ3v) is 6.80. The van der Waals surface area contributed by atoms with Crippen LogP contribution < -0.4 is 9.64 Å². The molecule has 0 N–H and O–H groups in total. The summed E-state index contributed by atoms with van der Waals surface area (Å²) in [7, 11) is 2.17. The number of benzene rings is 1. The molecule has 5 heterocycles. The number of rotatable bonds is 4. The van der Waals surface area contributed by atoms with Gasteiger partial charge in [0.15, 0.2) is 5.82 Å². The Balaban J connectivity index is 1.20. The minimum absolute atomic E-state index is 0.486. The monoisotopic (exact) mass is 446 g/mol. The van der Waals surface area contributed by atoms with Gasteiger partial charge in [0.1, 0.15) is 18.2 Å². The zero-order valence-corrected chi connectivity index (χ0v) is 19.1. The maximum Gasteiger partial charge on any atom is 0.151 e. The second-order valence-corrected chi connectivity index (χ2v) is 9.07. The van der Waals surface area contributed by atoms with Crippen molar-refractivity contribution in [2.45, 2.75) is 13.2 Å². The van der Waals surface area contributed by atoms with Gasteiger partial charge in [-0.25, -0.2) is 9.97 Å². The van der Waals surface area contributed by atoms with Crippen LogP contribution in [0.5, 0.6) is 5.75 Å². The molecule has 0 amide bonds. The molecule has 172 valence electrons. The van der Waals surface area contributed by atoms with Crippen LogP contribution in [0, 0.1) is 0 Å². The molecule has 6 rings (SSSR count). The fraction of sp³-hybridized carbons (Fsp3) is 0.440. The predicted molar refractivity (Wildman–Crippen MR) is 127 cm³/mol. The fourth-order valence-corrected chi connectivity index (χ4v) is 4.78. The Bertz CT molecular complexity index is 1110. The third kappa shape index (κ3) is 4.21. The van der Waals surface area contributed by atoms with Gasteiger partial charge >= 0.3 is 0 Å². The van der Waals surface area contributed by atoms with E-state index in [1.165, 1.54) is 0 Å². The van der Waals surface area contributed by atoms with Crippen LogP contribution in [-0.2, 0) is 17.9 Å². The number of ether oxygens (including phenoxy) is 2. The molecule has 3 aromatic rings. The summed E-state index contributed by atoms with van der Waals surface area (Å²) in [6.07, 6.45) is 4.12. The van der Waals surface area contributed by atoms with Crippen LogP contribution >= 0.6 is 0 Å². The minimum atomic E-state index is 0.486. The zero-order chi connectivity index (χ0) is 22.2. The molecule has 1 aromatic carbocycles. The molecule has 0 atom stereocenters. The highest BCUT2D eigenvalue weighted by Gasteiger charge is 2.22. The first-order valence-corrected chi connectivity index (χ1v) is 11.8. The summed E-state index contributed by atoms with van der Waals surface area (Å²) < 4.78 is 13.7. The predicted octanol–water partition coefficient (Wildman–Crippen LogP) is 2.41. The standard InChI is InChI=1S/C25H30N6O2/c1-28-6-8-30(9-7-28)24-5-3-20(15-26-24)19-2-4-22-23(14-19)33-18-25-27-21(17-31(22)25)16-29-10-12-32-13-11-29/h2-5,14-15,17H,6-13,16,18H2,1H3. The van der Waals surface area contributed by atoms with Gasteiger partial charge < -0.3 is 19.3 Å². The van der Waals surface area contributed by atoms with Crippen molar-refractivity contribution < 1.29 is 9.47 Å². The molecular formula is C25H30N6O2. The van der Waals surface area contributed by atoms with Crippen LogP contribution in [0.4, 0.5) is 5.82 Å². The fourth-order valence-electron chi connectivity index (χ4n) is 4.78. The lowest BCUT2D eigenvalue weighted by molar-refractivity contribution is 0.0337. The number of likely N-dealkylation sites (N-methyl/N-ethyl adjacent to an activating group) is 1. The van der Waals surface area contributed by atoms with E-state index in [0.29, 0.717) is 6.61 Å². The largest absolute Gasteiger partial charge is 0.483 e. The van der Waals surface area contributed by atoms with Gasteiger partial charge in [-0.05, 0) is 36.9 Å². The van der Waals surface area contributed by atoms with Gasteiger partial charge in [0.05, 0.1) is 24.6 Å². The van der Waals surface area contributed by atoms with E-state index in [1.54, 1.807) is 0 Å². The normalized spacial score (nSPS) is 19.1. The van der Waals surface area contributed by atoms with Crippen LogP contribution in [-0.4, -0.2) is 83.9 Å². The van der Waals surface area contributed by atoms with E-state index in [4.69, 9.17) is 19.4 Å². The summed E-state index contributed by atoms with van der Waals surface area (Å²) in [6, 6.07) is 10.7. The number of pyridine rings is 1. The molecule has 2 fully saturated rings. The van der Waals surface area contributed by atoms with Gasteiger partial charge in [-0.1, -0.05) is 6.07 Å². The molecule has 2 saturated heterocycles. The van der Waals surface area contributed by atoms with E-state index in [1.807, 2.05) is 6.20 Å². The zero-order valence-electron chi connectivity index (χ0n) is 19.1. The highest BCUT2D eigenvalue weighted by Crippen LogP contribution is 2.34. The quantitative estimate of drug-likeness (QED) is 0.610. The summed E-state index contributed by atoms with van der Waals surface area (Å²) >= 11 is 0. The second kappa shape index (κ2) is 8.78. The van der Waals surface area contributed by atoms with Gasteiger partial charge in [-0.3, -0.25) is 9.47 Å². The molecule has 0 spiro atoms. The van der Waals surface area contributed by atoms with Gasteiger partial charge in [0, 0.05) is 63.8 Å². The summed E-state index contributed by atoms with van der Waals surface area (Å²) in [5.74, 6) is 2.90. The molecule has 0 bridgehead atoms. The number of piperazine rings is 1. The molecule has 8 nitrogen and oxygen atoms in total. The number of morpholine rings is 1. The topological polar surface area (TPSA) is 58.9 Å². The molecule has 33 heavy (non-hydrogen) atoms. The van der Waals surface area contributed by atoms with Crippen molar-refractivity contribution in [1.29, 1.82) is 0 Å². The first-order valence-electron chi connectivity index (χ1n) is 11.8. The molecule has 2 aromatic heterocycles. The molecular weight excluding hydrogens is 416 g/mol. The highest BCUT2D eigenvalue weighted by atomic mass is 16.5. The first kappa shape index (κ1) is 20.7. The number of nitrogens with zero attached hydrogens (tertiary/aromatic N) is 6. The Morgan fingerprint density at radius 3 is 2.55 bits per heavy atom. The smallest absolute Gasteiger partial charge is 0.151 e. The molecule has 8 heteroatoms. The van der Waals surface area contributed by atoms with Gasteiger partial charge in [-0.15, -0.1) is 0 Å². The van der Waals surface area contributed by atoms with E-state index in [-0.39, 0.29) is 0 Å². The minimum Gasteiger partial charge on any atom is -0.483 e. The maximum absolute atomic E-state index is 6.09. The van der Waals surface area contributed by atoms with E-state index in [2.05, 4.69) is 62.8 Å². The van der Waals surface area contributed by atoms with Crippen molar-refractivity contribution in [2.75, 3.05) is 64.4 Å². The van der Waals surface area contributed by atoms with Crippen molar-refractivity contribution in [2.24, 2.45) is 0 Å². The Kier molecular flexibility index (Phi) is 5.49. The molecule has 0 saturated carbocycles. The Labute approximate surface area is 194 Å². The number of aromatic nitrogens is 3. The summed E-state index contributed by atoms with van der Waals surface area (Å²) in [5.41, 5.74) is 4.34. The lowest BCUT2D eigenvalue weighted by Crippen LogP contribution is -2.44. The highest BCUT2D eigenvalue weighted by molar-refractivity contribution is 5.69. The Hall–Kier alpha value is -2.94. The third-order valence-electron chi connectivity index (χ3n) is 6.80. The summed E-state index contributed by atoms with van der Waals surface area (Å²) in [5, 5.41) is 0. The van der Waals surface area contributed by atoms with Gasteiger partial charge in [0.2, 0.25) is 0 Å². The lowest BCUT2D eigenvalue weighted by atomic mass is 10.1. The molecule has 0 radical (unpaired) electrons. The van der Waals surface area contributed by atoms with Crippen LogP contribution in [0.25, 0.3) is 16.8 Å². The first-order chi connectivity index (χ1) is 16.2. The second-order valence-electron chi connectivity index (χ2n) is 9.07. The van der Waals surface area contributed by atoms with Crippen molar-refractivity contribution in [3.63, 3.8) is 0 Å². The van der Waals surface area contributed by atoms with Crippen LogP contribution in [0.1, 0.15) is 11.5 Å². The lowest BCUT2D eigenvalue weighted by Gasteiger charge is -2.33. The number of fused-ring (bicyclic) bond motifs is 3. The van der Waals surface area contributed by atoms with Crippen molar-refractivity contribution >= 4 is 5.82 Å². The van der Waals surface area contributed by atoms with E-state index >= 15 is 0 Å². The van der Waals surface area contributed by atoms with Crippen LogP contribution in [0.3, 0.4) is 0 Å². The Morgan fingerprint density at radius 2 is 1.76 bits per heavy atom. The van der Waals surface area contributed by atoms with E-state index < -0.39 is 0 Å². The molecule has 0 unspecified atom stereocenters. The SMILES string of the molecule is CN1CCN(c2ccc(-c3ccc4c(c3)OCc3nc(CN5CCOCC5)cn3-4)cn2)CC1. The van der Waals surface area contributed by atoms with E-state index in [9.17, 15) is 0 Å². The number of hydrogen-bond acceptors (Lipinski definition) is 7. The Morgan fingerprint density at radius 1 is 0.939 bits per heavy atom. The van der Waals surface area contributed by atoms with E-state index in [0.717, 1.165) is 98.9 Å². The van der Waals surface area contributed by atoms with Crippen molar-refractivity contribution in [3.05, 3.63) is 54.2 Å². The summed E-state index contributed by atoms with van der Waals surface area (Å²) in [4.78, 5) is 16.7. The van der Waals surface area contributed by atoms with Crippen molar-refractivity contribution in [1.82, 2.24) is 24.3 Å². The molecule has 3 aliphatic rings.